The van der Waals surface area contributed by atoms with E-state index in [1.54, 1.807) is 0 Å². The van der Waals surface area contributed by atoms with Gasteiger partial charge in [0.25, 0.3) is 0 Å². The number of nitrogens with one attached hydrogen (secondary N) is 1. The van der Waals surface area contributed by atoms with Crippen LogP contribution < -0.4 is 5.32 Å². The zero-order chi connectivity index (χ0) is 13.1. The number of carboxylic acids is 1. The van der Waals surface area contributed by atoms with Gasteiger partial charge in [0.2, 0.25) is 0 Å². The second kappa shape index (κ2) is 5.08. The summed E-state index contributed by atoms with van der Waals surface area (Å²) in [6, 6.07) is 7.39. The lowest BCUT2D eigenvalue weighted by Crippen LogP contribution is -2.32. The molecule has 18 heavy (non-hydrogen) atoms. The lowest BCUT2D eigenvalue weighted by molar-refractivity contribution is -0.138. The van der Waals surface area contributed by atoms with E-state index in [1.807, 2.05) is 24.3 Å². The van der Waals surface area contributed by atoms with Crippen LogP contribution in [0.25, 0.3) is 0 Å². The largest absolute Gasteiger partial charge is 0.481 e. The molecule has 0 spiro atoms. The maximum absolute atomic E-state index is 11.3. The second-order valence-electron chi connectivity index (χ2n) is 4.37. The molecular formula is C13H15NO4. The number of carboxylic acid groups (broad SMARTS) is 1. The predicted molar refractivity (Wildman–Crippen MR) is 64.2 cm³/mol. The molecule has 1 aliphatic carbocycles. The molecule has 2 rings (SSSR count). The Bertz CT molecular complexity index is 472. The molecular weight excluding hydrogens is 234 g/mol. The van der Waals surface area contributed by atoms with Crippen LogP contribution in [0.1, 0.15) is 23.6 Å². The Morgan fingerprint density at radius 2 is 2.17 bits per heavy atom. The maximum atomic E-state index is 11.3. The molecule has 0 heterocycles. The fraction of sp³-hybridized carbons (Fsp3) is 0.385. The van der Waals surface area contributed by atoms with Gasteiger partial charge in [-0.25, -0.2) is 4.79 Å². The van der Waals surface area contributed by atoms with Crippen LogP contribution in [0.5, 0.6) is 0 Å². The van der Waals surface area contributed by atoms with Gasteiger partial charge in [-0.05, 0) is 23.5 Å². The highest BCUT2D eigenvalue weighted by Crippen LogP contribution is 2.37. The molecule has 0 aliphatic heterocycles. The van der Waals surface area contributed by atoms with E-state index in [9.17, 15) is 9.59 Å². The minimum absolute atomic E-state index is 0.0311. The molecule has 0 fully saturated rings. The summed E-state index contributed by atoms with van der Waals surface area (Å²) in [6.07, 6.45) is 0.160. The van der Waals surface area contributed by atoms with E-state index in [0.29, 0.717) is 6.42 Å². The molecule has 1 aromatic carbocycles. The average Bonchev–Trinajstić information content (AvgIpc) is 2.66. The van der Waals surface area contributed by atoms with Gasteiger partial charge in [-0.2, -0.15) is 0 Å². The van der Waals surface area contributed by atoms with Crippen LogP contribution >= 0.6 is 0 Å². The summed E-state index contributed by atoms with van der Waals surface area (Å²) in [5.74, 6) is -0.983. The average molecular weight is 249 g/mol. The first-order chi connectivity index (χ1) is 8.61. The zero-order valence-corrected chi connectivity index (χ0v) is 10.1. The van der Waals surface area contributed by atoms with Crippen LogP contribution in [0.2, 0.25) is 0 Å². The first-order valence-corrected chi connectivity index (χ1v) is 5.76. The highest BCUT2D eigenvalue weighted by atomic mass is 16.5. The molecule has 1 aromatic rings. The van der Waals surface area contributed by atoms with Gasteiger partial charge >= 0.3 is 12.1 Å². The van der Waals surface area contributed by atoms with Crippen LogP contribution in [-0.2, 0) is 16.0 Å². The predicted octanol–water partition coefficient (Wildman–Crippen LogP) is 1.73. The first-order valence-electron chi connectivity index (χ1n) is 5.76. The van der Waals surface area contributed by atoms with Crippen molar-refractivity contribution < 1.29 is 19.4 Å². The number of ether oxygens (including phenoxy) is 1. The third-order valence-electron chi connectivity index (χ3n) is 3.24. The molecule has 1 aliphatic rings. The minimum atomic E-state index is -0.857. The van der Waals surface area contributed by atoms with E-state index in [0.717, 1.165) is 11.1 Å². The molecule has 2 atom stereocenters. The molecule has 96 valence electrons. The quantitative estimate of drug-likeness (QED) is 0.855. The standard InChI is InChI=1S/C13H15NO4/c1-18-13(17)14-12-9(7-11(15)16)6-8-4-2-3-5-10(8)12/h2-5,9,12H,6-7H2,1H3,(H,14,17)(H,15,16)/t9-,12-/m0/s1. The van der Waals surface area contributed by atoms with Crippen molar-refractivity contribution in [2.24, 2.45) is 5.92 Å². The molecule has 1 amide bonds. The molecule has 0 saturated heterocycles. The lowest BCUT2D eigenvalue weighted by Gasteiger charge is -2.19. The Morgan fingerprint density at radius 3 is 2.83 bits per heavy atom. The third-order valence-corrected chi connectivity index (χ3v) is 3.24. The SMILES string of the molecule is COC(=O)N[C@@H]1c2ccccc2C[C@H]1CC(=O)O. The van der Waals surface area contributed by atoms with Crippen molar-refractivity contribution in [1.29, 1.82) is 0 Å². The molecule has 0 aromatic heterocycles. The van der Waals surface area contributed by atoms with Gasteiger partial charge in [-0.3, -0.25) is 4.79 Å². The Balaban J connectivity index is 2.23. The van der Waals surface area contributed by atoms with E-state index in [2.05, 4.69) is 10.1 Å². The number of carbonyl (C=O) groups is 2. The van der Waals surface area contributed by atoms with E-state index < -0.39 is 12.1 Å². The van der Waals surface area contributed by atoms with Crippen molar-refractivity contribution in [3.63, 3.8) is 0 Å². The lowest BCUT2D eigenvalue weighted by atomic mass is 9.97. The van der Waals surface area contributed by atoms with E-state index in [4.69, 9.17) is 5.11 Å². The number of hydrogen-bond donors (Lipinski definition) is 2. The van der Waals surface area contributed by atoms with E-state index in [1.165, 1.54) is 7.11 Å². The monoisotopic (exact) mass is 249 g/mol. The number of carbonyl (C=O) groups excluding carboxylic acids is 1. The molecule has 0 bridgehead atoms. The van der Waals surface area contributed by atoms with Crippen LogP contribution in [0.3, 0.4) is 0 Å². The van der Waals surface area contributed by atoms with Gasteiger partial charge in [-0.1, -0.05) is 24.3 Å². The Morgan fingerprint density at radius 1 is 1.44 bits per heavy atom. The fourth-order valence-corrected chi connectivity index (χ4v) is 2.47. The molecule has 5 nitrogen and oxygen atoms in total. The fourth-order valence-electron chi connectivity index (χ4n) is 2.47. The third kappa shape index (κ3) is 2.45. The van der Waals surface area contributed by atoms with Crippen LogP contribution in [0, 0.1) is 5.92 Å². The van der Waals surface area contributed by atoms with Gasteiger partial charge in [0, 0.05) is 0 Å². The Labute approximate surface area is 105 Å². The minimum Gasteiger partial charge on any atom is -0.481 e. The first kappa shape index (κ1) is 12.4. The molecule has 2 N–H and O–H groups in total. The second-order valence-corrected chi connectivity index (χ2v) is 4.37. The van der Waals surface area contributed by atoms with Gasteiger partial charge < -0.3 is 15.2 Å². The van der Waals surface area contributed by atoms with Gasteiger partial charge in [0.1, 0.15) is 0 Å². The van der Waals surface area contributed by atoms with Gasteiger partial charge in [0.05, 0.1) is 19.6 Å². The number of hydrogen-bond acceptors (Lipinski definition) is 3. The van der Waals surface area contributed by atoms with E-state index in [-0.39, 0.29) is 18.4 Å². The molecule has 0 saturated carbocycles. The number of rotatable bonds is 3. The highest BCUT2D eigenvalue weighted by molar-refractivity contribution is 5.70. The van der Waals surface area contributed by atoms with E-state index >= 15 is 0 Å². The van der Waals surface area contributed by atoms with Crippen LogP contribution in [0.4, 0.5) is 4.79 Å². The summed E-state index contributed by atoms with van der Waals surface area (Å²) in [6.45, 7) is 0. The normalized spacial score (nSPS) is 21.2. The number of amides is 1. The number of aliphatic carboxylic acids is 1. The maximum Gasteiger partial charge on any atom is 0.407 e. The molecule has 0 radical (unpaired) electrons. The summed E-state index contributed by atoms with van der Waals surface area (Å²) in [5.41, 5.74) is 2.07. The topological polar surface area (TPSA) is 75.6 Å². The van der Waals surface area contributed by atoms with Crippen LogP contribution in [0.15, 0.2) is 24.3 Å². The number of benzene rings is 1. The van der Waals surface area contributed by atoms with Crippen molar-refractivity contribution in [3.05, 3.63) is 35.4 Å². The van der Waals surface area contributed by atoms with Crippen molar-refractivity contribution in [1.82, 2.24) is 5.32 Å². The van der Waals surface area contributed by atoms with Crippen molar-refractivity contribution >= 4 is 12.1 Å². The summed E-state index contributed by atoms with van der Waals surface area (Å²) in [7, 11) is 1.29. The molecule has 5 heteroatoms. The summed E-state index contributed by atoms with van der Waals surface area (Å²) in [4.78, 5) is 22.2. The van der Waals surface area contributed by atoms with Crippen LogP contribution in [-0.4, -0.2) is 24.3 Å². The summed E-state index contributed by atoms with van der Waals surface area (Å²) in [5, 5.41) is 11.6. The number of methoxy groups -OCH3 is 1. The van der Waals surface area contributed by atoms with Crippen molar-refractivity contribution in [2.45, 2.75) is 18.9 Å². The van der Waals surface area contributed by atoms with Crippen molar-refractivity contribution in [2.75, 3.05) is 7.11 Å². The van der Waals surface area contributed by atoms with Gasteiger partial charge in [0.15, 0.2) is 0 Å². The zero-order valence-electron chi connectivity index (χ0n) is 10.1. The van der Waals surface area contributed by atoms with Gasteiger partial charge in [-0.15, -0.1) is 0 Å². The number of alkyl carbamates (subject to hydrolysis) is 1. The number of fused-ring (bicyclic) bond motifs is 1. The Kier molecular flexibility index (Phi) is 3.50. The Hall–Kier alpha value is -2.04. The highest BCUT2D eigenvalue weighted by Gasteiger charge is 2.34. The molecule has 0 unspecified atom stereocenters. The smallest absolute Gasteiger partial charge is 0.407 e. The summed E-state index contributed by atoms with van der Waals surface area (Å²) < 4.78 is 4.58. The summed E-state index contributed by atoms with van der Waals surface area (Å²) >= 11 is 0. The van der Waals surface area contributed by atoms with Crippen molar-refractivity contribution in [3.8, 4) is 0 Å².